The summed E-state index contributed by atoms with van der Waals surface area (Å²) in [4.78, 5) is 0. The molecule has 1 saturated heterocycles. The van der Waals surface area contributed by atoms with Gasteiger partial charge in [-0.15, -0.1) is 0 Å². The van der Waals surface area contributed by atoms with Crippen molar-refractivity contribution in [1.29, 1.82) is 0 Å². The monoisotopic (exact) mass is 173 g/mol. The summed E-state index contributed by atoms with van der Waals surface area (Å²) >= 11 is 0. The lowest BCUT2D eigenvalue weighted by Crippen LogP contribution is -2.35. The predicted octanol–water partition coefficient (Wildman–Crippen LogP) is 0.383. The number of aliphatic hydroxyl groups is 1. The summed E-state index contributed by atoms with van der Waals surface area (Å²) in [5.74, 6) is 0.658. The first-order valence-corrected chi connectivity index (χ1v) is 4.78. The summed E-state index contributed by atoms with van der Waals surface area (Å²) in [7, 11) is 0. The third-order valence-corrected chi connectivity index (χ3v) is 2.43. The van der Waals surface area contributed by atoms with Crippen molar-refractivity contribution in [2.24, 2.45) is 5.92 Å². The fraction of sp³-hybridized carbons (Fsp3) is 1.00. The summed E-state index contributed by atoms with van der Waals surface area (Å²) in [6.07, 6.45) is 2.15. The van der Waals surface area contributed by atoms with Crippen molar-refractivity contribution < 1.29 is 9.84 Å². The third-order valence-electron chi connectivity index (χ3n) is 2.43. The van der Waals surface area contributed by atoms with Gasteiger partial charge < -0.3 is 15.2 Å². The molecule has 1 aliphatic rings. The van der Waals surface area contributed by atoms with Crippen molar-refractivity contribution in [3.63, 3.8) is 0 Å². The molecule has 3 heteroatoms. The minimum atomic E-state index is 0.240. The van der Waals surface area contributed by atoms with E-state index in [4.69, 9.17) is 9.84 Å². The molecule has 1 aliphatic heterocycles. The van der Waals surface area contributed by atoms with E-state index in [0.717, 1.165) is 32.6 Å². The lowest BCUT2D eigenvalue weighted by atomic mass is 10.1. The SMILES string of the molecule is CC[C@@H](CO)NCC1CCOC1. The normalized spacial score (nSPS) is 26.0. The predicted molar refractivity (Wildman–Crippen MR) is 48.1 cm³/mol. The lowest BCUT2D eigenvalue weighted by Gasteiger charge is -2.16. The highest BCUT2D eigenvalue weighted by molar-refractivity contribution is 4.70. The van der Waals surface area contributed by atoms with E-state index >= 15 is 0 Å². The molecule has 0 aliphatic carbocycles. The van der Waals surface area contributed by atoms with Crippen LogP contribution in [0, 0.1) is 5.92 Å². The maximum Gasteiger partial charge on any atom is 0.0584 e. The van der Waals surface area contributed by atoms with E-state index in [-0.39, 0.29) is 12.6 Å². The Hall–Kier alpha value is -0.120. The molecular weight excluding hydrogens is 154 g/mol. The van der Waals surface area contributed by atoms with E-state index in [1.165, 1.54) is 0 Å². The number of nitrogens with one attached hydrogen (secondary N) is 1. The maximum absolute atomic E-state index is 8.91. The lowest BCUT2D eigenvalue weighted by molar-refractivity contribution is 0.181. The van der Waals surface area contributed by atoms with E-state index in [9.17, 15) is 0 Å². The molecular formula is C9H19NO2. The van der Waals surface area contributed by atoms with Gasteiger partial charge in [-0.2, -0.15) is 0 Å². The van der Waals surface area contributed by atoms with E-state index in [2.05, 4.69) is 12.2 Å². The van der Waals surface area contributed by atoms with Crippen molar-refractivity contribution in [3.8, 4) is 0 Å². The quantitative estimate of drug-likeness (QED) is 0.631. The molecule has 0 saturated carbocycles. The second kappa shape index (κ2) is 5.51. The fourth-order valence-corrected chi connectivity index (χ4v) is 1.42. The zero-order valence-electron chi connectivity index (χ0n) is 7.75. The molecule has 2 N–H and O–H groups in total. The van der Waals surface area contributed by atoms with Crippen LogP contribution in [-0.2, 0) is 4.74 Å². The van der Waals surface area contributed by atoms with Gasteiger partial charge in [-0.3, -0.25) is 0 Å². The van der Waals surface area contributed by atoms with Crippen molar-refractivity contribution in [3.05, 3.63) is 0 Å². The maximum atomic E-state index is 8.91. The van der Waals surface area contributed by atoms with Gasteiger partial charge in [-0.05, 0) is 18.8 Å². The summed E-state index contributed by atoms with van der Waals surface area (Å²) in [6.45, 7) is 5.10. The molecule has 3 nitrogen and oxygen atoms in total. The van der Waals surface area contributed by atoms with Crippen molar-refractivity contribution in [2.75, 3.05) is 26.4 Å². The molecule has 0 amide bonds. The van der Waals surface area contributed by atoms with Gasteiger partial charge in [0.15, 0.2) is 0 Å². The topological polar surface area (TPSA) is 41.5 Å². The molecule has 1 fully saturated rings. The number of hydrogen-bond acceptors (Lipinski definition) is 3. The van der Waals surface area contributed by atoms with Crippen LogP contribution in [0.25, 0.3) is 0 Å². The minimum absolute atomic E-state index is 0.240. The molecule has 0 radical (unpaired) electrons. The highest BCUT2D eigenvalue weighted by Gasteiger charge is 2.16. The minimum Gasteiger partial charge on any atom is -0.395 e. The Morgan fingerprint density at radius 2 is 2.50 bits per heavy atom. The van der Waals surface area contributed by atoms with E-state index in [0.29, 0.717) is 5.92 Å². The summed E-state index contributed by atoms with van der Waals surface area (Å²) in [6, 6.07) is 0.269. The van der Waals surface area contributed by atoms with Gasteiger partial charge in [0.2, 0.25) is 0 Å². The largest absolute Gasteiger partial charge is 0.395 e. The molecule has 1 unspecified atom stereocenters. The number of rotatable bonds is 5. The molecule has 72 valence electrons. The van der Waals surface area contributed by atoms with Gasteiger partial charge in [0.1, 0.15) is 0 Å². The van der Waals surface area contributed by atoms with Gasteiger partial charge >= 0.3 is 0 Å². The molecule has 0 aromatic heterocycles. The molecule has 0 aromatic rings. The van der Waals surface area contributed by atoms with Gasteiger partial charge in [-0.1, -0.05) is 6.92 Å². The second-order valence-corrected chi connectivity index (χ2v) is 3.43. The van der Waals surface area contributed by atoms with E-state index in [1.807, 2.05) is 0 Å². The van der Waals surface area contributed by atoms with Crippen molar-refractivity contribution in [1.82, 2.24) is 5.32 Å². The van der Waals surface area contributed by atoms with Crippen LogP contribution < -0.4 is 5.32 Å². The summed E-state index contributed by atoms with van der Waals surface area (Å²) in [5, 5.41) is 12.2. The van der Waals surface area contributed by atoms with E-state index < -0.39 is 0 Å². The smallest absolute Gasteiger partial charge is 0.0584 e. The Kier molecular flexibility index (Phi) is 4.58. The summed E-state index contributed by atoms with van der Waals surface area (Å²) < 4.78 is 5.25. The Balaban J connectivity index is 2.06. The van der Waals surface area contributed by atoms with Gasteiger partial charge in [0.25, 0.3) is 0 Å². The Bertz CT molecular complexity index is 107. The van der Waals surface area contributed by atoms with Crippen molar-refractivity contribution >= 4 is 0 Å². The zero-order valence-corrected chi connectivity index (χ0v) is 7.75. The van der Waals surface area contributed by atoms with Crippen LogP contribution in [0.3, 0.4) is 0 Å². The molecule has 1 rings (SSSR count). The first-order chi connectivity index (χ1) is 5.86. The fourth-order valence-electron chi connectivity index (χ4n) is 1.42. The van der Waals surface area contributed by atoms with Crippen LogP contribution in [0.4, 0.5) is 0 Å². The highest BCUT2D eigenvalue weighted by Crippen LogP contribution is 2.10. The Morgan fingerprint density at radius 3 is 3.00 bits per heavy atom. The van der Waals surface area contributed by atoms with Crippen LogP contribution in [0.1, 0.15) is 19.8 Å². The average Bonchev–Trinajstić information content (AvgIpc) is 2.59. The second-order valence-electron chi connectivity index (χ2n) is 3.43. The summed E-state index contributed by atoms with van der Waals surface area (Å²) in [5.41, 5.74) is 0. The Morgan fingerprint density at radius 1 is 1.67 bits per heavy atom. The molecule has 1 heterocycles. The number of ether oxygens (including phenoxy) is 1. The molecule has 12 heavy (non-hydrogen) atoms. The highest BCUT2D eigenvalue weighted by atomic mass is 16.5. The molecule has 0 spiro atoms. The molecule has 2 atom stereocenters. The van der Waals surface area contributed by atoms with Gasteiger partial charge in [0.05, 0.1) is 13.2 Å². The van der Waals surface area contributed by atoms with Crippen LogP contribution in [0.15, 0.2) is 0 Å². The van der Waals surface area contributed by atoms with Crippen molar-refractivity contribution in [2.45, 2.75) is 25.8 Å². The van der Waals surface area contributed by atoms with Crippen LogP contribution >= 0.6 is 0 Å². The first-order valence-electron chi connectivity index (χ1n) is 4.78. The molecule has 0 aromatic carbocycles. The molecule has 0 bridgehead atoms. The van der Waals surface area contributed by atoms with Crippen LogP contribution in [-0.4, -0.2) is 37.5 Å². The van der Waals surface area contributed by atoms with E-state index in [1.54, 1.807) is 0 Å². The number of aliphatic hydroxyl groups excluding tert-OH is 1. The Labute approximate surface area is 74.1 Å². The third kappa shape index (κ3) is 3.09. The average molecular weight is 173 g/mol. The van der Waals surface area contributed by atoms with Gasteiger partial charge in [0, 0.05) is 19.2 Å². The first kappa shape index (κ1) is 9.96. The number of hydrogen-bond donors (Lipinski definition) is 2. The van der Waals surface area contributed by atoms with Crippen LogP contribution in [0.5, 0.6) is 0 Å². The standard InChI is InChI=1S/C9H19NO2/c1-2-9(6-11)10-5-8-3-4-12-7-8/h8-11H,2-7H2,1H3/t8?,9-/m0/s1. The van der Waals surface area contributed by atoms with Crippen LogP contribution in [0.2, 0.25) is 0 Å². The zero-order chi connectivity index (χ0) is 8.81. The van der Waals surface area contributed by atoms with Gasteiger partial charge in [-0.25, -0.2) is 0 Å².